The second kappa shape index (κ2) is 8.70. The van der Waals surface area contributed by atoms with Crippen molar-refractivity contribution in [1.29, 1.82) is 0 Å². The molecule has 2 fully saturated rings. The van der Waals surface area contributed by atoms with Crippen LogP contribution < -0.4 is 5.73 Å². The number of nitrogens with two attached hydrogens (primary N) is 1. The third-order valence-corrected chi connectivity index (χ3v) is 7.06. The summed E-state index contributed by atoms with van der Waals surface area (Å²) in [4.78, 5) is 3.71. The summed E-state index contributed by atoms with van der Waals surface area (Å²) in [6, 6.07) is 10.7. The van der Waals surface area contributed by atoms with Gasteiger partial charge in [0.1, 0.15) is 0 Å². The Bertz CT molecular complexity index is 498. The average molecular weight is 349 g/mol. The molecule has 5 atom stereocenters. The third kappa shape index (κ3) is 4.75. The van der Waals surface area contributed by atoms with E-state index < -0.39 is 6.10 Å². The van der Waals surface area contributed by atoms with Gasteiger partial charge in [-0.25, -0.2) is 0 Å². The number of aliphatic hydroxyl groups excluding tert-OH is 1. The van der Waals surface area contributed by atoms with Crippen molar-refractivity contribution in [3.8, 4) is 0 Å². The number of hydrogen-bond acceptors (Lipinski definition) is 4. The van der Waals surface area contributed by atoms with Crippen LogP contribution in [0.5, 0.6) is 0 Å². The van der Waals surface area contributed by atoms with Gasteiger partial charge in [0.15, 0.2) is 0 Å². The molecule has 3 rings (SSSR count). The molecular weight excluding hydrogens is 316 g/mol. The van der Waals surface area contributed by atoms with Crippen LogP contribution in [0.1, 0.15) is 39.0 Å². The van der Waals surface area contributed by atoms with Gasteiger partial charge in [0, 0.05) is 35.8 Å². The van der Waals surface area contributed by atoms with Crippen LogP contribution in [0.15, 0.2) is 35.2 Å². The Kier molecular flexibility index (Phi) is 6.62. The fourth-order valence-corrected chi connectivity index (χ4v) is 5.31. The Morgan fingerprint density at radius 3 is 2.67 bits per heavy atom. The van der Waals surface area contributed by atoms with Crippen molar-refractivity contribution >= 4 is 11.8 Å². The van der Waals surface area contributed by atoms with Gasteiger partial charge in [0.2, 0.25) is 0 Å². The first-order valence-corrected chi connectivity index (χ1v) is 10.5. The molecule has 24 heavy (non-hydrogen) atoms. The second-order valence-corrected chi connectivity index (χ2v) is 8.79. The normalized spacial score (nSPS) is 30.5. The standard InChI is InChI=1S/C20H32N2OS/c1-15-11-16-7-5-6-8-17(16)12-22(15)13-20(23)19(21)14-24-18-9-3-2-4-10-18/h2-4,9-10,15-17,19-20,23H,5-8,11-14,21H2,1H3/t15-,16+,17-,19+,20-/m1/s1. The van der Waals surface area contributed by atoms with Gasteiger partial charge in [-0.3, -0.25) is 4.90 Å². The third-order valence-electron chi connectivity index (χ3n) is 5.90. The van der Waals surface area contributed by atoms with Crippen LogP contribution in [0.2, 0.25) is 0 Å². The molecule has 4 heteroatoms. The Balaban J connectivity index is 1.47. The van der Waals surface area contributed by atoms with E-state index in [0.717, 1.165) is 30.7 Å². The first-order chi connectivity index (χ1) is 11.6. The van der Waals surface area contributed by atoms with Crippen LogP contribution >= 0.6 is 11.8 Å². The molecule has 0 amide bonds. The second-order valence-electron chi connectivity index (χ2n) is 7.70. The van der Waals surface area contributed by atoms with Crippen LogP contribution in [-0.2, 0) is 0 Å². The van der Waals surface area contributed by atoms with E-state index in [1.807, 2.05) is 18.2 Å². The number of fused-ring (bicyclic) bond motifs is 1. The van der Waals surface area contributed by atoms with Gasteiger partial charge in [-0.05, 0) is 43.7 Å². The summed E-state index contributed by atoms with van der Waals surface area (Å²) in [5.74, 6) is 2.53. The van der Waals surface area contributed by atoms with E-state index in [1.54, 1.807) is 11.8 Å². The summed E-state index contributed by atoms with van der Waals surface area (Å²) in [5, 5.41) is 10.6. The molecule has 1 aliphatic carbocycles. The zero-order valence-corrected chi connectivity index (χ0v) is 15.6. The van der Waals surface area contributed by atoms with Gasteiger partial charge < -0.3 is 10.8 Å². The van der Waals surface area contributed by atoms with E-state index in [2.05, 4.69) is 24.0 Å². The zero-order chi connectivity index (χ0) is 16.9. The summed E-state index contributed by atoms with van der Waals surface area (Å²) in [7, 11) is 0. The average Bonchev–Trinajstić information content (AvgIpc) is 2.61. The summed E-state index contributed by atoms with van der Waals surface area (Å²) in [5.41, 5.74) is 6.26. The maximum absolute atomic E-state index is 10.6. The Hall–Kier alpha value is -0.550. The number of thioether (sulfide) groups is 1. The van der Waals surface area contributed by atoms with E-state index in [1.165, 1.54) is 37.0 Å². The molecule has 1 heterocycles. The Labute approximate surface area is 151 Å². The maximum atomic E-state index is 10.6. The molecule has 0 bridgehead atoms. The number of β-amino-alcohol motifs (C(OH)–C–C–N with tert-alkyl or cyclic N) is 1. The summed E-state index contributed by atoms with van der Waals surface area (Å²) >= 11 is 1.73. The van der Waals surface area contributed by atoms with E-state index >= 15 is 0 Å². The number of likely N-dealkylation sites (tertiary alicyclic amines) is 1. The number of aliphatic hydroxyl groups is 1. The highest BCUT2D eigenvalue weighted by Gasteiger charge is 2.35. The number of benzene rings is 1. The molecular formula is C20H32N2OS. The quantitative estimate of drug-likeness (QED) is 0.774. The molecule has 1 aromatic rings. The largest absolute Gasteiger partial charge is 0.390 e. The molecule has 0 aromatic heterocycles. The molecule has 1 aliphatic heterocycles. The highest BCUT2D eigenvalue weighted by molar-refractivity contribution is 7.99. The summed E-state index contributed by atoms with van der Waals surface area (Å²) in [6.45, 7) is 4.20. The molecule has 3 nitrogen and oxygen atoms in total. The number of hydrogen-bond donors (Lipinski definition) is 2. The molecule has 1 aromatic carbocycles. The smallest absolute Gasteiger partial charge is 0.0826 e. The molecule has 1 saturated heterocycles. The summed E-state index contributed by atoms with van der Waals surface area (Å²) in [6.07, 6.45) is 6.45. The maximum Gasteiger partial charge on any atom is 0.0826 e. The van der Waals surface area contributed by atoms with Crippen molar-refractivity contribution < 1.29 is 5.11 Å². The van der Waals surface area contributed by atoms with Gasteiger partial charge in [-0.15, -0.1) is 11.8 Å². The van der Waals surface area contributed by atoms with E-state index in [9.17, 15) is 5.11 Å². The minimum absolute atomic E-state index is 0.175. The van der Waals surface area contributed by atoms with Crippen molar-refractivity contribution in [2.75, 3.05) is 18.8 Å². The fraction of sp³-hybridized carbons (Fsp3) is 0.700. The molecule has 3 N–H and O–H groups in total. The van der Waals surface area contributed by atoms with Crippen LogP contribution in [0.3, 0.4) is 0 Å². The minimum atomic E-state index is -0.441. The predicted octanol–water partition coefficient (Wildman–Crippen LogP) is 3.37. The topological polar surface area (TPSA) is 49.5 Å². The molecule has 134 valence electrons. The van der Waals surface area contributed by atoms with E-state index in [0.29, 0.717) is 6.04 Å². The van der Waals surface area contributed by atoms with Crippen LogP contribution in [0.4, 0.5) is 0 Å². The monoisotopic (exact) mass is 348 g/mol. The number of nitrogens with zero attached hydrogens (tertiary/aromatic N) is 1. The lowest BCUT2D eigenvalue weighted by molar-refractivity contribution is 0.00907. The molecule has 0 radical (unpaired) electrons. The van der Waals surface area contributed by atoms with Crippen molar-refractivity contribution in [2.45, 2.75) is 62.1 Å². The number of piperidine rings is 1. The van der Waals surface area contributed by atoms with Crippen molar-refractivity contribution in [3.05, 3.63) is 30.3 Å². The molecule has 2 aliphatic rings. The van der Waals surface area contributed by atoms with Crippen LogP contribution in [0, 0.1) is 11.8 Å². The minimum Gasteiger partial charge on any atom is -0.390 e. The Morgan fingerprint density at radius 2 is 1.92 bits per heavy atom. The highest BCUT2D eigenvalue weighted by atomic mass is 32.2. The lowest BCUT2D eigenvalue weighted by Gasteiger charge is -2.46. The van der Waals surface area contributed by atoms with Gasteiger partial charge in [-0.2, -0.15) is 0 Å². The molecule has 0 unspecified atom stereocenters. The van der Waals surface area contributed by atoms with Crippen LogP contribution in [-0.4, -0.2) is 47.0 Å². The lowest BCUT2D eigenvalue weighted by Crippen LogP contribution is -2.52. The predicted molar refractivity (Wildman–Crippen MR) is 102 cm³/mol. The van der Waals surface area contributed by atoms with Gasteiger partial charge in [0.25, 0.3) is 0 Å². The number of rotatable bonds is 6. The Morgan fingerprint density at radius 1 is 1.21 bits per heavy atom. The lowest BCUT2D eigenvalue weighted by atomic mass is 9.73. The SMILES string of the molecule is C[C@@H]1C[C@@H]2CCCC[C@@H]2CN1C[C@@H](O)[C@@H](N)CSc1ccccc1. The first-order valence-electron chi connectivity index (χ1n) is 9.49. The van der Waals surface area contributed by atoms with Gasteiger partial charge in [0.05, 0.1) is 6.10 Å². The zero-order valence-electron chi connectivity index (χ0n) is 14.8. The molecule has 0 spiro atoms. The first kappa shape index (κ1) is 18.2. The van der Waals surface area contributed by atoms with Gasteiger partial charge >= 0.3 is 0 Å². The highest BCUT2D eigenvalue weighted by Crippen LogP contribution is 2.38. The molecule has 1 saturated carbocycles. The van der Waals surface area contributed by atoms with Crippen LogP contribution in [0.25, 0.3) is 0 Å². The van der Waals surface area contributed by atoms with Crippen molar-refractivity contribution in [1.82, 2.24) is 4.90 Å². The summed E-state index contributed by atoms with van der Waals surface area (Å²) < 4.78 is 0. The van der Waals surface area contributed by atoms with E-state index in [4.69, 9.17) is 5.73 Å². The van der Waals surface area contributed by atoms with Crippen molar-refractivity contribution in [3.63, 3.8) is 0 Å². The van der Waals surface area contributed by atoms with E-state index in [-0.39, 0.29) is 6.04 Å². The van der Waals surface area contributed by atoms with Gasteiger partial charge in [-0.1, -0.05) is 37.5 Å². The fourth-order valence-electron chi connectivity index (χ4n) is 4.35. The van der Waals surface area contributed by atoms with Crippen molar-refractivity contribution in [2.24, 2.45) is 17.6 Å².